The van der Waals surface area contributed by atoms with Crippen LogP contribution < -0.4 is 5.32 Å². The Morgan fingerprint density at radius 1 is 1.40 bits per heavy atom. The fraction of sp³-hybridized carbons (Fsp3) is 0.333. The monoisotopic (exact) mass is 289 g/mol. The SMILES string of the molecule is CC(NC(=O)CCCSc1ccccc1)c1ncc[nH]1. The molecule has 0 saturated heterocycles. The van der Waals surface area contributed by atoms with Crippen LogP contribution in [0.4, 0.5) is 0 Å². The number of aromatic amines is 1. The molecule has 2 rings (SSSR count). The summed E-state index contributed by atoms with van der Waals surface area (Å²) in [4.78, 5) is 20.2. The first-order valence-electron chi connectivity index (χ1n) is 6.72. The molecule has 0 saturated carbocycles. The topological polar surface area (TPSA) is 57.8 Å². The lowest BCUT2D eigenvalue weighted by Crippen LogP contribution is -2.27. The van der Waals surface area contributed by atoms with E-state index < -0.39 is 0 Å². The maximum absolute atomic E-state index is 11.8. The number of benzene rings is 1. The molecule has 20 heavy (non-hydrogen) atoms. The Kier molecular flexibility index (Phi) is 5.68. The van der Waals surface area contributed by atoms with Gasteiger partial charge in [0.1, 0.15) is 5.82 Å². The van der Waals surface area contributed by atoms with Crippen LogP contribution >= 0.6 is 11.8 Å². The maximum Gasteiger partial charge on any atom is 0.220 e. The lowest BCUT2D eigenvalue weighted by Gasteiger charge is -2.11. The third-order valence-electron chi connectivity index (χ3n) is 2.87. The van der Waals surface area contributed by atoms with Gasteiger partial charge in [0.15, 0.2) is 0 Å². The number of nitrogens with one attached hydrogen (secondary N) is 2. The Labute approximate surface area is 123 Å². The van der Waals surface area contributed by atoms with Gasteiger partial charge in [-0.15, -0.1) is 11.8 Å². The Hall–Kier alpha value is -1.75. The zero-order valence-corrected chi connectivity index (χ0v) is 12.3. The van der Waals surface area contributed by atoms with Crippen LogP contribution in [-0.2, 0) is 4.79 Å². The maximum atomic E-state index is 11.8. The van der Waals surface area contributed by atoms with Crippen molar-refractivity contribution < 1.29 is 4.79 Å². The fourth-order valence-corrected chi connectivity index (χ4v) is 2.71. The molecule has 0 spiro atoms. The number of amides is 1. The summed E-state index contributed by atoms with van der Waals surface area (Å²) in [5, 5.41) is 2.94. The first-order valence-corrected chi connectivity index (χ1v) is 7.71. The van der Waals surface area contributed by atoms with E-state index in [1.54, 1.807) is 24.2 Å². The second-order valence-electron chi connectivity index (χ2n) is 4.53. The van der Waals surface area contributed by atoms with Gasteiger partial charge < -0.3 is 10.3 Å². The van der Waals surface area contributed by atoms with Crippen LogP contribution in [0.25, 0.3) is 0 Å². The quantitative estimate of drug-likeness (QED) is 0.608. The van der Waals surface area contributed by atoms with Gasteiger partial charge in [-0.3, -0.25) is 4.79 Å². The van der Waals surface area contributed by atoms with Gasteiger partial charge in [-0.2, -0.15) is 0 Å². The minimum atomic E-state index is -0.0701. The number of thioether (sulfide) groups is 1. The Bertz CT molecular complexity index is 513. The highest BCUT2D eigenvalue weighted by Crippen LogP contribution is 2.18. The van der Waals surface area contributed by atoms with Crippen LogP contribution in [0, 0.1) is 0 Å². The largest absolute Gasteiger partial charge is 0.347 e. The smallest absolute Gasteiger partial charge is 0.220 e. The summed E-state index contributed by atoms with van der Waals surface area (Å²) in [5.74, 6) is 1.81. The van der Waals surface area contributed by atoms with Crippen LogP contribution in [0.15, 0.2) is 47.6 Å². The van der Waals surface area contributed by atoms with E-state index in [0.29, 0.717) is 6.42 Å². The number of aromatic nitrogens is 2. The molecule has 5 heteroatoms. The average molecular weight is 289 g/mol. The number of carbonyl (C=O) groups excluding carboxylic acids is 1. The van der Waals surface area contributed by atoms with Crippen molar-refractivity contribution in [1.29, 1.82) is 0 Å². The van der Waals surface area contributed by atoms with E-state index in [9.17, 15) is 4.79 Å². The van der Waals surface area contributed by atoms with Gasteiger partial charge in [-0.05, 0) is 31.2 Å². The third kappa shape index (κ3) is 4.74. The molecule has 0 fully saturated rings. The molecule has 0 aliphatic rings. The molecule has 1 heterocycles. The molecule has 0 aliphatic carbocycles. The predicted octanol–water partition coefficient (Wildman–Crippen LogP) is 3.16. The lowest BCUT2D eigenvalue weighted by atomic mass is 10.2. The lowest BCUT2D eigenvalue weighted by molar-refractivity contribution is -0.121. The predicted molar refractivity (Wildman–Crippen MR) is 81.5 cm³/mol. The molecule has 1 aromatic carbocycles. The Morgan fingerprint density at radius 3 is 2.90 bits per heavy atom. The molecule has 1 aromatic heterocycles. The molecule has 1 amide bonds. The van der Waals surface area contributed by atoms with Crippen molar-refractivity contribution in [3.63, 3.8) is 0 Å². The zero-order valence-electron chi connectivity index (χ0n) is 11.5. The van der Waals surface area contributed by atoms with Gasteiger partial charge in [0.05, 0.1) is 6.04 Å². The molecule has 2 N–H and O–H groups in total. The van der Waals surface area contributed by atoms with Gasteiger partial charge >= 0.3 is 0 Å². The summed E-state index contributed by atoms with van der Waals surface area (Å²) in [5.41, 5.74) is 0. The Morgan fingerprint density at radius 2 is 2.20 bits per heavy atom. The van der Waals surface area contributed by atoms with Crippen LogP contribution in [0.1, 0.15) is 31.6 Å². The van der Waals surface area contributed by atoms with Gasteiger partial charge in [0.2, 0.25) is 5.91 Å². The van der Waals surface area contributed by atoms with Crippen molar-refractivity contribution in [3.05, 3.63) is 48.5 Å². The molecular weight excluding hydrogens is 270 g/mol. The van der Waals surface area contributed by atoms with Gasteiger partial charge in [0.25, 0.3) is 0 Å². The zero-order chi connectivity index (χ0) is 14.2. The van der Waals surface area contributed by atoms with Crippen LogP contribution in [0.5, 0.6) is 0 Å². The second kappa shape index (κ2) is 7.75. The highest BCUT2D eigenvalue weighted by atomic mass is 32.2. The summed E-state index contributed by atoms with van der Waals surface area (Å²) in [6.45, 7) is 1.93. The van der Waals surface area contributed by atoms with Crippen LogP contribution in [0.3, 0.4) is 0 Å². The molecule has 0 bridgehead atoms. The molecule has 4 nitrogen and oxygen atoms in total. The highest BCUT2D eigenvalue weighted by Gasteiger charge is 2.10. The number of carbonyl (C=O) groups is 1. The number of nitrogens with zero attached hydrogens (tertiary/aromatic N) is 1. The molecule has 0 radical (unpaired) electrons. The molecule has 1 atom stereocenters. The molecule has 0 aliphatic heterocycles. The van der Waals surface area contributed by atoms with Crippen LogP contribution in [-0.4, -0.2) is 21.6 Å². The molecule has 2 aromatic rings. The first kappa shape index (κ1) is 14.7. The van der Waals surface area contributed by atoms with Crippen molar-refractivity contribution in [2.45, 2.75) is 30.7 Å². The van der Waals surface area contributed by atoms with Crippen LogP contribution in [0.2, 0.25) is 0 Å². The minimum Gasteiger partial charge on any atom is -0.347 e. The van der Waals surface area contributed by atoms with E-state index in [1.807, 2.05) is 25.1 Å². The normalized spacial score (nSPS) is 12.1. The van der Waals surface area contributed by atoms with E-state index in [4.69, 9.17) is 0 Å². The molecule has 1 unspecified atom stereocenters. The minimum absolute atomic E-state index is 0.0701. The van der Waals surface area contributed by atoms with Gasteiger partial charge in [-0.25, -0.2) is 4.98 Å². The second-order valence-corrected chi connectivity index (χ2v) is 5.70. The number of hydrogen-bond acceptors (Lipinski definition) is 3. The van der Waals surface area contributed by atoms with Crippen molar-refractivity contribution in [2.24, 2.45) is 0 Å². The van der Waals surface area contributed by atoms with E-state index >= 15 is 0 Å². The van der Waals surface area contributed by atoms with Crippen molar-refractivity contribution in [2.75, 3.05) is 5.75 Å². The van der Waals surface area contributed by atoms with Gasteiger partial charge in [0, 0.05) is 23.7 Å². The number of rotatable bonds is 7. The van der Waals surface area contributed by atoms with E-state index in [0.717, 1.165) is 18.0 Å². The van der Waals surface area contributed by atoms with Gasteiger partial charge in [-0.1, -0.05) is 18.2 Å². The van der Waals surface area contributed by atoms with E-state index in [1.165, 1.54) is 4.90 Å². The summed E-state index contributed by atoms with van der Waals surface area (Å²) in [7, 11) is 0. The Balaban J connectivity index is 1.63. The molecule has 106 valence electrons. The summed E-state index contributed by atoms with van der Waals surface area (Å²) < 4.78 is 0. The van der Waals surface area contributed by atoms with E-state index in [-0.39, 0.29) is 11.9 Å². The first-order chi connectivity index (χ1) is 9.75. The van der Waals surface area contributed by atoms with Crippen molar-refractivity contribution in [3.8, 4) is 0 Å². The van der Waals surface area contributed by atoms with Crippen molar-refractivity contribution >= 4 is 17.7 Å². The number of hydrogen-bond donors (Lipinski definition) is 2. The average Bonchev–Trinajstić information content (AvgIpc) is 2.99. The highest BCUT2D eigenvalue weighted by molar-refractivity contribution is 7.99. The third-order valence-corrected chi connectivity index (χ3v) is 3.97. The number of imidazole rings is 1. The van der Waals surface area contributed by atoms with E-state index in [2.05, 4.69) is 27.4 Å². The standard InChI is InChI=1S/C15H19N3OS/c1-12(15-16-9-10-17-15)18-14(19)8-5-11-20-13-6-3-2-4-7-13/h2-4,6-7,9-10,12H,5,8,11H2,1H3,(H,16,17)(H,18,19). The number of H-pyrrole nitrogens is 1. The fourth-order valence-electron chi connectivity index (χ4n) is 1.84. The summed E-state index contributed by atoms with van der Waals surface area (Å²) in [6.07, 6.45) is 4.87. The molecular formula is C15H19N3OS. The van der Waals surface area contributed by atoms with Crippen molar-refractivity contribution in [1.82, 2.24) is 15.3 Å². The summed E-state index contributed by atoms with van der Waals surface area (Å²) >= 11 is 1.78. The summed E-state index contributed by atoms with van der Waals surface area (Å²) in [6, 6.07) is 10.2.